The molecule has 0 saturated carbocycles. The van der Waals surface area contributed by atoms with Crippen molar-refractivity contribution in [1.29, 1.82) is 0 Å². The molecule has 0 aromatic carbocycles. The lowest BCUT2D eigenvalue weighted by molar-refractivity contribution is -0.0433. The highest BCUT2D eigenvalue weighted by Gasteiger charge is 2.40. The molecule has 0 spiro atoms. The Kier molecular flexibility index (Phi) is 4.23. The average molecular weight is 307 g/mol. The van der Waals surface area contributed by atoms with Crippen molar-refractivity contribution in [3.63, 3.8) is 0 Å². The number of hydrogen-bond acceptors (Lipinski definition) is 7. The number of aromatic nitrogens is 2. The number of ether oxygens (including phenoxy) is 1. The fourth-order valence-electron chi connectivity index (χ4n) is 1.99. The molecule has 0 aliphatic carbocycles. The van der Waals surface area contributed by atoms with Crippen molar-refractivity contribution in [2.75, 3.05) is 12.3 Å². The van der Waals surface area contributed by atoms with Gasteiger partial charge in [-0.1, -0.05) is 0 Å². The molecule has 0 amide bonds. The van der Waals surface area contributed by atoms with Crippen LogP contribution in [0.3, 0.4) is 0 Å². The first-order chi connectivity index (χ1) is 9.30. The molecule has 1 aliphatic rings. The molecule has 11 heteroatoms. The Morgan fingerprint density at radius 2 is 2.30 bits per heavy atom. The van der Waals surface area contributed by atoms with E-state index in [4.69, 9.17) is 25.4 Å². The van der Waals surface area contributed by atoms with E-state index in [0.717, 1.165) is 0 Å². The highest BCUT2D eigenvalue weighted by atomic mass is 31.2. The third kappa shape index (κ3) is 3.42. The van der Waals surface area contributed by atoms with Crippen LogP contribution < -0.4 is 11.3 Å². The van der Waals surface area contributed by atoms with E-state index in [-0.39, 0.29) is 12.4 Å². The van der Waals surface area contributed by atoms with Gasteiger partial charge in [0.25, 0.3) is 5.56 Å². The number of nitrogen functional groups attached to an aromatic ring is 1. The normalized spacial score (nSPS) is 26.9. The van der Waals surface area contributed by atoms with Gasteiger partial charge in [0.2, 0.25) is 5.95 Å². The van der Waals surface area contributed by atoms with Crippen LogP contribution in [0.5, 0.6) is 0 Å². The van der Waals surface area contributed by atoms with E-state index in [0.29, 0.717) is 0 Å². The SMILES string of the molecule is Nc1nc(=O)ccn1[C@H]1C[C@H](OP(=O)(O)O)[C@@H](CO)O1. The van der Waals surface area contributed by atoms with Crippen LogP contribution in [-0.4, -0.2) is 43.3 Å². The Morgan fingerprint density at radius 1 is 1.60 bits per heavy atom. The smallest absolute Gasteiger partial charge is 0.394 e. The second kappa shape index (κ2) is 5.60. The first kappa shape index (κ1) is 15.1. The third-order valence-corrected chi connectivity index (χ3v) is 3.36. The number of aliphatic hydroxyl groups excluding tert-OH is 1. The number of nitrogens with two attached hydrogens (primary N) is 1. The van der Waals surface area contributed by atoms with Crippen molar-refractivity contribution < 1.29 is 28.7 Å². The highest BCUT2D eigenvalue weighted by molar-refractivity contribution is 7.46. The standard InChI is InChI=1S/C9H14N3O7P/c10-9-11-7(14)1-2-12(9)8-3-5(6(4-13)18-8)19-20(15,16)17/h1-2,5-6,8,13H,3-4H2,(H2,10,11,14)(H2,15,16,17)/t5-,6+,8+/m0/s1. The minimum atomic E-state index is -4.70. The Bertz CT molecular complexity index is 585. The Morgan fingerprint density at radius 3 is 2.85 bits per heavy atom. The summed E-state index contributed by atoms with van der Waals surface area (Å²) < 4.78 is 22.1. The minimum Gasteiger partial charge on any atom is -0.394 e. The molecule has 0 unspecified atom stereocenters. The minimum absolute atomic E-state index is 0.0467. The summed E-state index contributed by atoms with van der Waals surface area (Å²) in [6, 6.07) is 1.17. The number of aliphatic hydroxyl groups is 1. The molecule has 3 atom stereocenters. The number of hydrogen-bond donors (Lipinski definition) is 4. The molecule has 1 aromatic rings. The van der Waals surface area contributed by atoms with E-state index in [2.05, 4.69) is 9.51 Å². The van der Waals surface area contributed by atoms with Gasteiger partial charge in [-0.3, -0.25) is 13.9 Å². The fourth-order valence-corrected chi connectivity index (χ4v) is 2.57. The first-order valence-electron chi connectivity index (χ1n) is 5.65. The largest absolute Gasteiger partial charge is 0.469 e. The van der Waals surface area contributed by atoms with Crippen LogP contribution in [-0.2, 0) is 13.8 Å². The lowest BCUT2D eigenvalue weighted by Crippen LogP contribution is -2.27. The third-order valence-electron chi connectivity index (χ3n) is 2.81. The van der Waals surface area contributed by atoms with E-state index in [9.17, 15) is 9.36 Å². The molecule has 0 bridgehead atoms. The zero-order valence-electron chi connectivity index (χ0n) is 10.2. The second-order valence-corrected chi connectivity index (χ2v) is 5.41. The predicted molar refractivity (Wildman–Crippen MR) is 65.4 cm³/mol. The van der Waals surface area contributed by atoms with Gasteiger partial charge >= 0.3 is 7.82 Å². The molecule has 1 fully saturated rings. The van der Waals surface area contributed by atoms with Gasteiger partial charge in [0.05, 0.1) is 6.61 Å². The van der Waals surface area contributed by atoms with Crippen LogP contribution >= 0.6 is 7.82 Å². The molecule has 1 aliphatic heterocycles. The number of nitrogens with zero attached hydrogens (tertiary/aromatic N) is 2. The summed E-state index contributed by atoms with van der Waals surface area (Å²) in [6.07, 6.45) is -1.25. The Labute approximate surface area is 113 Å². The molecule has 20 heavy (non-hydrogen) atoms. The van der Waals surface area contributed by atoms with Gasteiger partial charge in [0.15, 0.2) is 0 Å². The summed E-state index contributed by atoms with van der Waals surface area (Å²) in [4.78, 5) is 32.1. The molecule has 1 saturated heterocycles. The number of rotatable bonds is 4. The summed E-state index contributed by atoms with van der Waals surface area (Å²) in [7, 11) is -4.70. The highest BCUT2D eigenvalue weighted by Crippen LogP contribution is 2.43. The fraction of sp³-hybridized carbons (Fsp3) is 0.556. The molecule has 5 N–H and O–H groups in total. The zero-order chi connectivity index (χ0) is 14.9. The van der Waals surface area contributed by atoms with Crippen molar-refractivity contribution in [3.8, 4) is 0 Å². The topological polar surface area (TPSA) is 157 Å². The van der Waals surface area contributed by atoms with Gasteiger partial charge < -0.3 is 25.4 Å². The van der Waals surface area contributed by atoms with E-state index < -0.39 is 38.4 Å². The number of anilines is 1. The lowest BCUT2D eigenvalue weighted by Gasteiger charge is -2.17. The zero-order valence-corrected chi connectivity index (χ0v) is 11.1. The van der Waals surface area contributed by atoms with E-state index in [1.165, 1.54) is 16.8 Å². The summed E-state index contributed by atoms with van der Waals surface area (Å²) in [5, 5.41) is 9.15. The molecule has 2 heterocycles. The Balaban J connectivity index is 2.19. The molecule has 10 nitrogen and oxygen atoms in total. The monoisotopic (exact) mass is 307 g/mol. The molecule has 0 radical (unpaired) electrons. The number of phosphoric acid groups is 1. The van der Waals surface area contributed by atoms with Gasteiger partial charge in [-0.05, 0) is 0 Å². The average Bonchev–Trinajstić information content (AvgIpc) is 2.69. The van der Waals surface area contributed by atoms with Crippen LogP contribution in [0.1, 0.15) is 12.6 Å². The van der Waals surface area contributed by atoms with Crippen molar-refractivity contribution in [1.82, 2.24) is 9.55 Å². The molecule has 2 rings (SSSR count). The quantitative estimate of drug-likeness (QED) is 0.490. The van der Waals surface area contributed by atoms with Crippen molar-refractivity contribution in [3.05, 3.63) is 22.6 Å². The molecule has 1 aromatic heterocycles. The van der Waals surface area contributed by atoms with Gasteiger partial charge in [-0.15, -0.1) is 0 Å². The molecular weight excluding hydrogens is 293 g/mol. The maximum Gasteiger partial charge on any atom is 0.469 e. The molecular formula is C9H14N3O7P. The summed E-state index contributed by atoms with van der Waals surface area (Å²) in [5.74, 6) is -0.101. The lowest BCUT2D eigenvalue weighted by atomic mass is 10.2. The summed E-state index contributed by atoms with van der Waals surface area (Å²) in [6.45, 7) is -0.477. The van der Waals surface area contributed by atoms with Crippen molar-refractivity contribution in [2.24, 2.45) is 0 Å². The second-order valence-electron chi connectivity index (χ2n) is 4.21. The van der Waals surface area contributed by atoms with Gasteiger partial charge in [0.1, 0.15) is 18.4 Å². The van der Waals surface area contributed by atoms with E-state index >= 15 is 0 Å². The first-order valence-corrected chi connectivity index (χ1v) is 7.18. The Hall–Kier alpha value is -1.29. The number of phosphoric ester groups is 1. The maximum atomic E-state index is 11.0. The van der Waals surface area contributed by atoms with Gasteiger partial charge in [0, 0.05) is 18.7 Å². The van der Waals surface area contributed by atoms with Crippen LogP contribution in [0.15, 0.2) is 17.1 Å². The van der Waals surface area contributed by atoms with Crippen LogP contribution in [0.25, 0.3) is 0 Å². The van der Waals surface area contributed by atoms with Crippen LogP contribution in [0.4, 0.5) is 5.95 Å². The van der Waals surface area contributed by atoms with Gasteiger partial charge in [-0.2, -0.15) is 4.98 Å². The van der Waals surface area contributed by atoms with Crippen LogP contribution in [0.2, 0.25) is 0 Å². The van der Waals surface area contributed by atoms with E-state index in [1.54, 1.807) is 0 Å². The van der Waals surface area contributed by atoms with Gasteiger partial charge in [-0.25, -0.2) is 4.57 Å². The summed E-state index contributed by atoms with van der Waals surface area (Å²) in [5.41, 5.74) is 5.06. The summed E-state index contributed by atoms with van der Waals surface area (Å²) >= 11 is 0. The maximum absolute atomic E-state index is 11.0. The van der Waals surface area contributed by atoms with Crippen molar-refractivity contribution >= 4 is 13.8 Å². The van der Waals surface area contributed by atoms with Crippen molar-refractivity contribution in [2.45, 2.75) is 24.9 Å². The predicted octanol–water partition coefficient (Wildman–Crippen LogP) is -1.42. The van der Waals surface area contributed by atoms with E-state index in [1.807, 2.05) is 0 Å². The van der Waals surface area contributed by atoms with Crippen LogP contribution in [0, 0.1) is 0 Å². The molecule has 112 valence electrons.